The topological polar surface area (TPSA) is 93.1 Å². The first-order chi connectivity index (χ1) is 15.9. The molecule has 2 aliphatic heterocycles. The van der Waals surface area contributed by atoms with Crippen molar-refractivity contribution in [3.05, 3.63) is 40.3 Å². The van der Waals surface area contributed by atoms with Gasteiger partial charge < -0.3 is 25.3 Å². The summed E-state index contributed by atoms with van der Waals surface area (Å²) in [6.45, 7) is 4.44. The summed E-state index contributed by atoms with van der Waals surface area (Å²) in [4.78, 5) is 28.5. The van der Waals surface area contributed by atoms with Crippen LogP contribution >= 0.6 is 23.4 Å². The van der Waals surface area contributed by atoms with E-state index < -0.39 is 24.0 Å². The highest BCUT2D eigenvalue weighted by molar-refractivity contribution is 8.03. The molecule has 1 unspecified atom stereocenters. The summed E-state index contributed by atoms with van der Waals surface area (Å²) >= 11 is 8.04. The third kappa shape index (κ3) is 7.12. The van der Waals surface area contributed by atoms with E-state index in [0.29, 0.717) is 43.0 Å². The molecule has 3 N–H and O–H groups in total. The number of rotatable bonds is 10. The van der Waals surface area contributed by atoms with Crippen LogP contribution in [0.15, 0.2) is 35.2 Å². The first-order valence-corrected chi connectivity index (χ1v) is 13.0. The van der Waals surface area contributed by atoms with Crippen molar-refractivity contribution in [3.8, 4) is 0 Å². The van der Waals surface area contributed by atoms with Gasteiger partial charge in [0.05, 0.1) is 10.7 Å². The Morgan fingerprint density at radius 2 is 1.91 bits per heavy atom. The predicted octanol–water partition coefficient (Wildman–Crippen LogP) is 2.80. The second-order valence-corrected chi connectivity index (χ2v) is 10.2. The van der Waals surface area contributed by atoms with Gasteiger partial charge in [0.25, 0.3) is 11.8 Å². The highest BCUT2D eigenvalue weighted by Crippen LogP contribution is 2.34. The minimum Gasteiger partial charge on any atom is -0.380 e. The lowest BCUT2D eigenvalue weighted by molar-refractivity contribution is -0.153. The second-order valence-electron chi connectivity index (χ2n) is 8.57. The van der Waals surface area contributed by atoms with E-state index in [4.69, 9.17) is 11.6 Å². The number of halogens is 1. The molecule has 3 rings (SSSR count). The molecule has 0 saturated carbocycles. The number of amides is 2. The van der Waals surface area contributed by atoms with Crippen LogP contribution in [0.2, 0.25) is 5.02 Å². The van der Waals surface area contributed by atoms with E-state index in [1.165, 1.54) is 23.3 Å². The van der Waals surface area contributed by atoms with E-state index in [2.05, 4.69) is 22.5 Å². The zero-order valence-electron chi connectivity index (χ0n) is 19.1. The van der Waals surface area contributed by atoms with Gasteiger partial charge in [0.15, 0.2) is 12.2 Å². The van der Waals surface area contributed by atoms with Crippen LogP contribution in [0.4, 0.5) is 5.69 Å². The number of nitrogens with one attached hydrogen (secondary N) is 1. The summed E-state index contributed by atoms with van der Waals surface area (Å²) < 4.78 is 0. The minimum absolute atomic E-state index is 0.377. The predicted molar refractivity (Wildman–Crippen MR) is 133 cm³/mol. The highest BCUT2D eigenvalue weighted by Gasteiger charge is 2.34. The molecule has 7 nitrogen and oxygen atoms in total. The SMILES string of the molecule is CCCCC1=CSC(CCNC(=O)[C@H](O)[C@@H](O)C(=O)N2CCN(c3ccccc3Cl)CC2)C1. The Bertz CT molecular complexity index is 845. The van der Waals surface area contributed by atoms with Crippen molar-refractivity contribution >= 4 is 40.9 Å². The van der Waals surface area contributed by atoms with Gasteiger partial charge in [-0.1, -0.05) is 42.7 Å². The number of allylic oxidation sites excluding steroid dienone is 1. The molecule has 2 amide bonds. The lowest BCUT2D eigenvalue weighted by Gasteiger charge is -2.37. The van der Waals surface area contributed by atoms with Crippen LogP contribution < -0.4 is 10.2 Å². The van der Waals surface area contributed by atoms with Crippen molar-refractivity contribution in [2.24, 2.45) is 0 Å². The number of hydrogen-bond donors (Lipinski definition) is 3. The fourth-order valence-corrected chi connectivity index (χ4v) is 5.54. The zero-order chi connectivity index (χ0) is 23.8. The van der Waals surface area contributed by atoms with Crippen LogP contribution in [-0.4, -0.2) is 77.1 Å². The maximum atomic E-state index is 12.6. The van der Waals surface area contributed by atoms with E-state index >= 15 is 0 Å². The van der Waals surface area contributed by atoms with Gasteiger partial charge in [-0.15, -0.1) is 11.8 Å². The van der Waals surface area contributed by atoms with Crippen molar-refractivity contribution in [2.75, 3.05) is 37.6 Å². The summed E-state index contributed by atoms with van der Waals surface area (Å²) in [5.41, 5.74) is 2.37. The molecule has 1 aromatic carbocycles. The van der Waals surface area contributed by atoms with Gasteiger partial charge >= 0.3 is 0 Å². The molecule has 0 spiro atoms. The number of nitrogens with zero attached hydrogens (tertiary/aromatic N) is 2. The van der Waals surface area contributed by atoms with Gasteiger partial charge in [-0.25, -0.2) is 0 Å². The van der Waals surface area contributed by atoms with E-state index in [0.717, 1.165) is 24.9 Å². The Balaban J connectivity index is 1.38. The number of benzene rings is 1. The molecule has 182 valence electrons. The van der Waals surface area contributed by atoms with Crippen molar-refractivity contribution < 1.29 is 19.8 Å². The third-order valence-electron chi connectivity index (χ3n) is 6.14. The molecule has 3 atom stereocenters. The fourth-order valence-electron chi connectivity index (χ4n) is 4.12. The van der Waals surface area contributed by atoms with E-state index in [-0.39, 0.29) is 0 Å². The van der Waals surface area contributed by atoms with Gasteiger partial charge in [0.1, 0.15) is 0 Å². The maximum Gasteiger partial charge on any atom is 0.254 e. The lowest BCUT2D eigenvalue weighted by atomic mass is 10.0. The van der Waals surface area contributed by atoms with Crippen LogP contribution in [-0.2, 0) is 9.59 Å². The molecule has 0 radical (unpaired) electrons. The summed E-state index contributed by atoms with van der Waals surface area (Å²) in [5, 5.41) is 26.5. The van der Waals surface area contributed by atoms with Crippen LogP contribution in [0, 0.1) is 0 Å². The number of aliphatic hydroxyl groups excluding tert-OH is 2. The average molecular weight is 496 g/mol. The quantitative estimate of drug-likeness (QED) is 0.462. The zero-order valence-corrected chi connectivity index (χ0v) is 20.7. The van der Waals surface area contributed by atoms with E-state index in [1.54, 1.807) is 11.8 Å². The van der Waals surface area contributed by atoms with Gasteiger partial charge in [0.2, 0.25) is 0 Å². The molecule has 1 aromatic rings. The van der Waals surface area contributed by atoms with Gasteiger partial charge in [-0.3, -0.25) is 9.59 Å². The number of aliphatic hydroxyl groups is 2. The molecular formula is C24H34ClN3O4S. The molecule has 0 aliphatic carbocycles. The number of carbonyl (C=O) groups excluding carboxylic acids is 2. The van der Waals surface area contributed by atoms with Crippen LogP contribution in [0.1, 0.15) is 39.0 Å². The fraction of sp³-hybridized carbons (Fsp3) is 0.583. The lowest BCUT2D eigenvalue weighted by Crippen LogP contribution is -2.55. The summed E-state index contributed by atoms with van der Waals surface area (Å²) in [5.74, 6) is -1.35. The summed E-state index contributed by atoms with van der Waals surface area (Å²) in [6.07, 6.45) is 1.76. The number of piperazine rings is 1. The van der Waals surface area contributed by atoms with Gasteiger partial charge in [0, 0.05) is 38.0 Å². The van der Waals surface area contributed by atoms with Crippen LogP contribution in [0.25, 0.3) is 0 Å². The first-order valence-electron chi connectivity index (χ1n) is 11.7. The Hall–Kier alpha value is -1.74. The molecule has 1 fully saturated rings. The van der Waals surface area contributed by atoms with Gasteiger partial charge in [-0.2, -0.15) is 0 Å². The van der Waals surface area contributed by atoms with Crippen molar-refractivity contribution in [1.82, 2.24) is 10.2 Å². The number of para-hydroxylation sites is 1. The van der Waals surface area contributed by atoms with Crippen molar-refractivity contribution in [2.45, 2.75) is 56.5 Å². The molecular weight excluding hydrogens is 462 g/mol. The minimum atomic E-state index is -1.78. The van der Waals surface area contributed by atoms with Crippen LogP contribution in [0.5, 0.6) is 0 Å². The highest BCUT2D eigenvalue weighted by atomic mass is 35.5. The smallest absolute Gasteiger partial charge is 0.254 e. The van der Waals surface area contributed by atoms with Crippen molar-refractivity contribution in [1.29, 1.82) is 0 Å². The second kappa shape index (κ2) is 12.6. The number of thioether (sulfide) groups is 1. The molecule has 2 heterocycles. The molecule has 9 heteroatoms. The Labute approximate surface area is 205 Å². The standard InChI is InChI=1S/C24H34ClN3O4S/c1-2-3-6-17-15-18(33-16-17)9-10-26-23(31)21(29)22(30)24(32)28-13-11-27(12-14-28)20-8-5-4-7-19(20)25/h4-5,7-8,16,18,21-22,29-30H,2-3,6,9-15H2,1H3,(H,26,31)/t18?,21-,22-/m1/s1. The summed E-state index contributed by atoms with van der Waals surface area (Å²) in [7, 11) is 0. The molecule has 0 bridgehead atoms. The Kier molecular flexibility index (Phi) is 9.92. The molecule has 0 aromatic heterocycles. The number of anilines is 1. The summed E-state index contributed by atoms with van der Waals surface area (Å²) in [6, 6.07) is 7.52. The van der Waals surface area contributed by atoms with Crippen molar-refractivity contribution in [3.63, 3.8) is 0 Å². The number of carbonyl (C=O) groups is 2. The monoisotopic (exact) mass is 495 g/mol. The number of unbranched alkanes of at least 4 members (excludes halogenated alkanes) is 1. The first kappa shape index (κ1) is 25.9. The Morgan fingerprint density at radius 1 is 1.18 bits per heavy atom. The van der Waals surface area contributed by atoms with Gasteiger partial charge in [-0.05, 0) is 43.2 Å². The normalized spacial score (nSPS) is 20.4. The molecule has 2 aliphatic rings. The maximum absolute atomic E-state index is 12.6. The molecule has 33 heavy (non-hydrogen) atoms. The average Bonchev–Trinajstić information content (AvgIpc) is 3.29. The van der Waals surface area contributed by atoms with Crippen LogP contribution in [0.3, 0.4) is 0 Å². The van der Waals surface area contributed by atoms with E-state index in [1.807, 2.05) is 24.3 Å². The largest absolute Gasteiger partial charge is 0.380 e. The third-order valence-corrected chi connectivity index (χ3v) is 7.72. The number of hydrogen-bond acceptors (Lipinski definition) is 6. The van der Waals surface area contributed by atoms with E-state index in [9.17, 15) is 19.8 Å². The molecule has 1 saturated heterocycles. The Morgan fingerprint density at radius 3 is 2.61 bits per heavy atom.